The molecule has 2 aromatic carbocycles. The van der Waals surface area contributed by atoms with E-state index in [9.17, 15) is 0 Å². The molecule has 0 saturated heterocycles. The van der Waals surface area contributed by atoms with Crippen LogP contribution in [0.25, 0.3) is 0 Å². The van der Waals surface area contributed by atoms with E-state index in [0.717, 1.165) is 12.1 Å². The lowest BCUT2D eigenvalue weighted by Gasteiger charge is -1.96. The van der Waals surface area contributed by atoms with Gasteiger partial charge in [0.25, 0.3) is 0 Å². The first-order chi connectivity index (χ1) is 12.8. The number of benzene rings is 2. The first-order valence-electron chi connectivity index (χ1n) is 7.83. The van der Waals surface area contributed by atoms with E-state index >= 15 is 0 Å². The number of nitrogens with zero attached hydrogens (tertiary/aromatic N) is 3. The first kappa shape index (κ1) is 22.9. The third-order valence-electron chi connectivity index (χ3n) is 3.00. The molecule has 5 N–H and O–H groups in total. The molecule has 3 aromatic rings. The summed E-state index contributed by atoms with van der Waals surface area (Å²) in [6, 6.07) is 14.9. The van der Waals surface area contributed by atoms with Crippen molar-refractivity contribution in [2.45, 2.75) is 13.3 Å². The second kappa shape index (κ2) is 12.3. The third kappa shape index (κ3) is 10.6. The zero-order valence-corrected chi connectivity index (χ0v) is 16.9. The highest BCUT2D eigenvalue weighted by atomic mass is 35.5. The van der Waals surface area contributed by atoms with E-state index in [0.29, 0.717) is 12.3 Å². The van der Waals surface area contributed by atoms with Crippen LogP contribution in [0.3, 0.4) is 0 Å². The Bertz CT molecular complexity index is 743. The Kier molecular flexibility index (Phi) is 10.4. The van der Waals surface area contributed by atoms with Gasteiger partial charge in [0.05, 0.1) is 0 Å². The van der Waals surface area contributed by atoms with Crippen molar-refractivity contribution in [2.75, 3.05) is 12.3 Å². The number of rotatable bonds is 2. The number of aromatic hydroxyl groups is 1. The van der Waals surface area contributed by atoms with Crippen LogP contribution in [0.15, 0.2) is 48.5 Å². The van der Waals surface area contributed by atoms with Crippen molar-refractivity contribution in [2.24, 2.45) is 5.73 Å². The maximum absolute atomic E-state index is 8.89. The molecular weight excluding hydrogens is 409 g/mol. The summed E-state index contributed by atoms with van der Waals surface area (Å²) in [7, 11) is 0. The quantitative estimate of drug-likeness (QED) is 0.525. The predicted molar refractivity (Wildman–Crippen MR) is 111 cm³/mol. The summed E-state index contributed by atoms with van der Waals surface area (Å²) < 4.78 is 0. The minimum atomic E-state index is 0.000000000000000444. The molecule has 0 amide bonds. The van der Waals surface area contributed by atoms with Crippen molar-refractivity contribution in [3.05, 3.63) is 75.5 Å². The van der Waals surface area contributed by atoms with Gasteiger partial charge < -0.3 is 16.6 Å². The molecule has 1 heterocycles. The van der Waals surface area contributed by atoms with E-state index < -0.39 is 0 Å². The zero-order valence-electron chi connectivity index (χ0n) is 14.6. The molecule has 0 unspecified atom stereocenters. The van der Waals surface area contributed by atoms with Crippen LogP contribution >= 0.6 is 34.8 Å². The molecule has 144 valence electrons. The molecule has 0 aliphatic rings. The maximum Gasteiger partial charge on any atom is 0.227 e. The summed E-state index contributed by atoms with van der Waals surface area (Å²) in [5.41, 5.74) is 14.0. The molecule has 0 fully saturated rings. The summed E-state index contributed by atoms with van der Waals surface area (Å²) in [5, 5.41) is 8.89. The van der Waals surface area contributed by atoms with Crippen molar-refractivity contribution in [3.8, 4) is 5.75 Å². The van der Waals surface area contributed by atoms with Crippen molar-refractivity contribution in [1.82, 2.24) is 15.0 Å². The lowest BCUT2D eigenvalue weighted by atomic mass is 10.1. The summed E-state index contributed by atoms with van der Waals surface area (Å²) in [6.45, 7) is 2.70. The van der Waals surface area contributed by atoms with Gasteiger partial charge in [-0.3, -0.25) is 0 Å². The summed E-state index contributed by atoms with van der Waals surface area (Å²) in [4.78, 5) is 10.4. The van der Waals surface area contributed by atoms with Crippen molar-refractivity contribution in [1.29, 1.82) is 0 Å². The van der Waals surface area contributed by atoms with Crippen LogP contribution in [0.1, 0.15) is 11.1 Å². The molecule has 0 saturated carbocycles. The largest absolute Gasteiger partial charge is 0.508 e. The van der Waals surface area contributed by atoms with E-state index in [1.807, 2.05) is 43.3 Å². The number of nitrogens with two attached hydrogens (primary N) is 2. The minimum Gasteiger partial charge on any atom is -0.508 e. The van der Waals surface area contributed by atoms with E-state index in [1.54, 1.807) is 12.1 Å². The van der Waals surface area contributed by atoms with Crippen LogP contribution in [0.4, 0.5) is 5.69 Å². The number of anilines is 1. The van der Waals surface area contributed by atoms with Gasteiger partial charge in [-0.2, -0.15) is 15.0 Å². The van der Waals surface area contributed by atoms with E-state index in [1.165, 1.54) is 11.1 Å². The topological polar surface area (TPSA) is 111 Å². The number of phenols is 1. The van der Waals surface area contributed by atoms with Crippen LogP contribution in [0.5, 0.6) is 5.75 Å². The van der Waals surface area contributed by atoms with Gasteiger partial charge in [-0.25, -0.2) is 0 Å². The fourth-order valence-corrected chi connectivity index (χ4v) is 2.31. The number of aromatic nitrogens is 3. The van der Waals surface area contributed by atoms with Gasteiger partial charge in [0.1, 0.15) is 5.75 Å². The Labute approximate surface area is 173 Å². The Morgan fingerprint density at radius 1 is 0.815 bits per heavy atom. The van der Waals surface area contributed by atoms with Crippen LogP contribution in [0.2, 0.25) is 15.9 Å². The summed E-state index contributed by atoms with van der Waals surface area (Å²) in [6.07, 6.45) is 0.875. The molecule has 9 heteroatoms. The number of hydrogen-bond donors (Lipinski definition) is 3. The van der Waals surface area contributed by atoms with Gasteiger partial charge in [0.2, 0.25) is 15.9 Å². The fraction of sp³-hybridized carbons (Fsp3) is 0.167. The molecule has 6 nitrogen and oxygen atoms in total. The Morgan fingerprint density at radius 3 is 1.63 bits per heavy atom. The molecule has 0 aliphatic carbocycles. The lowest BCUT2D eigenvalue weighted by Crippen LogP contribution is -2.01. The monoisotopic (exact) mass is 427 g/mol. The van der Waals surface area contributed by atoms with Crippen LogP contribution in [-0.2, 0) is 6.42 Å². The summed E-state index contributed by atoms with van der Waals surface area (Å²) in [5.74, 6) is 0.306. The minimum absolute atomic E-state index is 0.000000000000000444. The van der Waals surface area contributed by atoms with E-state index in [2.05, 4.69) is 15.0 Å². The van der Waals surface area contributed by atoms with Crippen LogP contribution in [-0.4, -0.2) is 26.6 Å². The SMILES string of the molecule is Cc1ccc(N)cc1.Clc1nc(Cl)nc(Cl)n1.NCCc1ccc(O)cc1. The highest BCUT2D eigenvalue weighted by Gasteiger charge is 1.97. The molecule has 0 spiro atoms. The molecule has 0 bridgehead atoms. The average molecular weight is 429 g/mol. The Morgan fingerprint density at radius 2 is 1.26 bits per heavy atom. The molecule has 0 aliphatic heterocycles. The van der Waals surface area contributed by atoms with Gasteiger partial charge in [-0.05, 0) is 84.5 Å². The second-order valence-electron chi connectivity index (χ2n) is 5.26. The fourth-order valence-electron chi connectivity index (χ4n) is 1.70. The lowest BCUT2D eigenvalue weighted by molar-refractivity contribution is 0.475. The van der Waals surface area contributed by atoms with E-state index in [4.69, 9.17) is 51.4 Å². The number of phenolic OH excluding ortho intramolecular Hbond substituents is 1. The molecule has 3 rings (SSSR count). The molecular formula is C18H20Cl3N5O. The Hall–Kier alpha value is -2.12. The Balaban J connectivity index is 0.000000204. The van der Waals surface area contributed by atoms with Gasteiger partial charge in [0.15, 0.2) is 0 Å². The normalized spacial score (nSPS) is 9.52. The van der Waals surface area contributed by atoms with Gasteiger partial charge in [0, 0.05) is 5.69 Å². The van der Waals surface area contributed by atoms with Gasteiger partial charge in [-0.1, -0.05) is 29.8 Å². The maximum atomic E-state index is 8.89. The van der Waals surface area contributed by atoms with E-state index in [-0.39, 0.29) is 15.9 Å². The predicted octanol–water partition coefficient (Wildman–Crippen LogP) is 4.30. The smallest absolute Gasteiger partial charge is 0.227 e. The van der Waals surface area contributed by atoms with Crippen LogP contribution < -0.4 is 11.5 Å². The summed E-state index contributed by atoms with van der Waals surface area (Å²) >= 11 is 16.0. The number of aryl methyl sites for hydroxylation is 1. The average Bonchev–Trinajstić information content (AvgIpc) is 2.60. The number of hydrogen-bond acceptors (Lipinski definition) is 6. The van der Waals surface area contributed by atoms with Gasteiger partial charge in [-0.15, -0.1) is 0 Å². The van der Waals surface area contributed by atoms with Crippen molar-refractivity contribution < 1.29 is 5.11 Å². The standard InChI is InChI=1S/C8H11NO.C7H9N.C3Cl3N3/c9-6-5-7-1-3-8(10)4-2-7;1-6-2-4-7(8)5-3-6;4-1-7-2(5)9-3(6)8-1/h1-4,10H,5-6,9H2;2-5H,8H2,1H3;. The van der Waals surface area contributed by atoms with Gasteiger partial charge >= 0.3 is 0 Å². The highest BCUT2D eigenvalue weighted by molar-refractivity contribution is 6.33. The first-order valence-corrected chi connectivity index (χ1v) is 8.96. The number of halogens is 3. The van der Waals surface area contributed by atoms with Crippen molar-refractivity contribution in [3.63, 3.8) is 0 Å². The zero-order chi connectivity index (χ0) is 20.2. The highest BCUT2D eigenvalue weighted by Crippen LogP contribution is 2.09. The van der Waals surface area contributed by atoms with Crippen LogP contribution in [0, 0.1) is 6.92 Å². The molecule has 1 aromatic heterocycles. The molecule has 27 heavy (non-hydrogen) atoms. The molecule has 0 atom stereocenters. The number of nitrogen functional groups attached to an aromatic ring is 1. The third-order valence-corrected chi connectivity index (χ3v) is 3.51. The molecule has 0 radical (unpaired) electrons. The second-order valence-corrected chi connectivity index (χ2v) is 6.27. The van der Waals surface area contributed by atoms with Crippen molar-refractivity contribution >= 4 is 40.5 Å².